The van der Waals surface area contributed by atoms with Crippen LogP contribution in [0.1, 0.15) is 118 Å². The second-order valence-corrected chi connectivity index (χ2v) is 18.7. The molecule has 6 heteroatoms. The van der Waals surface area contributed by atoms with Gasteiger partial charge >= 0.3 is 5.97 Å². The zero-order valence-corrected chi connectivity index (χ0v) is 29.8. The summed E-state index contributed by atoms with van der Waals surface area (Å²) in [5, 5.41) is 25.6. The molecule has 6 nitrogen and oxygen atoms in total. The van der Waals surface area contributed by atoms with E-state index in [-0.39, 0.29) is 51.4 Å². The number of benzene rings is 1. The summed E-state index contributed by atoms with van der Waals surface area (Å²) in [4.78, 5) is 30.7. The molecular weight excluding hydrogens is 584 g/mol. The minimum Gasteiger partial charge on any atom is -0.480 e. The Bertz CT molecular complexity index is 1620. The minimum atomic E-state index is -0.984. The van der Waals surface area contributed by atoms with E-state index in [1.54, 1.807) is 0 Å². The Hall–Kier alpha value is -2.60. The molecule has 0 radical (unpaired) electrons. The zero-order chi connectivity index (χ0) is 33.8. The number of amides is 1. The van der Waals surface area contributed by atoms with Gasteiger partial charge in [0.2, 0.25) is 5.91 Å². The number of carbonyl (C=O) groups is 2. The normalized spacial score (nSPS) is 41.0. The first-order valence-electron chi connectivity index (χ1n) is 18.5. The molecule has 2 aromatic rings. The number of para-hydroxylation sites is 1. The van der Waals surface area contributed by atoms with E-state index < -0.39 is 17.4 Å². The van der Waals surface area contributed by atoms with Crippen LogP contribution in [0.15, 0.2) is 42.1 Å². The number of fused-ring (bicyclic) bond motifs is 8. The maximum Gasteiger partial charge on any atom is 0.326 e. The van der Waals surface area contributed by atoms with Crippen molar-refractivity contribution in [3.8, 4) is 0 Å². The van der Waals surface area contributed by atoms with Gasteiger partial charge in [0.15, 0.2) is 0 Å². The molecule has 1 aromatic heterocycles. The number of nitrogens with one attached hydrogen (secondary N) is 2. The summed E-state index contributed by atoms with van der Waals surface area (Å²) < 4.78 is 0. The average molecular weight is 643 g/mol. The van der Waals surface area contributed by atoms with Gasteiger partial charge in [-0.25, -0.2) is 4.79 Å². The smallest absolute Gasteiger partial charge is 0.326 e. The highest BCUT2D eigenvalue weighted by Crippen LogP contribution is 2.75. The van der Waals surface area contributed by atoms with Gasteiger partial charge in [-0.05, 0) is 121 Å². The molecule has 5 aliphatic carbocycles. The summed E-state index contributed by atoms with van der Waals surface area (Å²) >= 11 is 0. The molecule has 4 N–H and O–H groups in total. The lowest BCUT2D eigenvalue weighted by Gasteiger charge is -2.71. The van der Waals surface area contributed by atoms with E-state index in [4.69, 9.17) is 0 Å². The first-order chi connectivity index (χ1) is 22.0. The largest absolute Gasteiger partial charge is 0.480 e. The third kappa shape index (κ3) is 4.66. The second-order valence-electron chi connectivity index (χ2n) is 18.7. The predicted octanol–water partition coefficient (Wildman–Crippen LogP) is 8.44. The van der Waals surface area contributed by atoms with Crippen molar-refractivity contribution < 1.29 is 19.8 Å². The molecule has 9 atom stereocenters. The molecule has 5 aliphatic rings. The fourth-order valence-electron chi connectivity index (χ4n) is 12.7. The number of hydrogen-bond donors (Lipinski definition) is 4. The fourth-order valence-corrected chi connectivity index (χ4v) is 12.7. The lowest BCUT2D eigenvalue weighted by molar-refractivity contribution is -0.203. The van der Waals surface area contributed by atoms with Crippen molar-refractivity contribution in [1.82, 2.24) is 10.3 Å². The molecule has 1 amide bonds. The summed E-state index contributed by atoms with van der Waals surface area (Å²) in [5.74, 6) is 0.119. The van der Waals surface area contributed by atoms with Gasteiger partial charge in [-0.2, -0.15) is 0 Å². The Balaban J connectivity index is 1.23. The van der Waals surface area contributed by atoms with Gasteiger partial charge in [0, 0.05) is 23.5 Å². The van der Waals surface area contributed by atoms with E-state index in [0.717, 1.165) is 80.7 Å². The Labute approximate surface area is 281 Å². The van der Waals surface area contributed by atoms with Gasteiger partial charge < -0.3 is 20.5 Å². The van der Waals surface area contributed by atoms with Gasteiger partial charge in [-0.3, -0.25) is 4.79 Å². The third-order valence-corrected chi connectivity index (χ3v) is 15.8. The van der Waals surface area contributed by atoms with Crippen molar-refractivity contribution in [2.24, 2.45) is 50.2 Å². The number of aliphatic hydroxyl groups excluding tert-OH is 1. The average Bonchev–Trinajstić information content (AvgIpc) is 3.41. The number of carboxylic acids is 1. The van der Waals surface area contributed by atoms with Gasteiger partial charge in [-0.15, -0.1) is 0 Å². The van der Waals surface area contributed by atoms with Crippen molar-refractivity contribution in [3.63, 3.8) is 0 Å². The molecule has 256 valence electrons. The third-order valence-electron chi connectivity index (χ3n) is 15.8. The highest BCUT2D eigenvalue weighted by atomic mass is 16.4. The van der Waals surface area contributed by atoms with Gasteiger partial charge in [0.1, 0.15) is 6.04 Å². The summed E-state index contributed by atoms with van der Waals surface area (Å²) in [6.45, 7) is 17.0. The number of carbonyl (C=O) groups excluding carboxylic acids is 1. The maximum absolute atomic E-state index is 14.7. The van der Waals surface area contributed by atoms with Crippen molar-refractivity contribution in [3.05, 3.63) is 47.7 Å². The first kappa shape index (κ1) is 32.9. The van der Waals surface area contributed by atoms with Crippen LogP contribution in [0.2, 0.25) is 0 Å². The van der Waals surface area contributed by atoms with E-state index in [1.807, 2.05) is 30.5 Å². The molecule has 0 unspecified atom stereocenters. The standard InChI is InChI=1S/C41H58N2O4/c1-36(2)18-20-41(35(47)43-30(34(45)46)22-25-24-42-29-11-9-8-10-26(25)29)21-19-39(6)27(28(41)23-36)12-13-32-38(5)16-15-33(44)37(3,4)31(38)14-17-40(32,39)7/h8-12,24,28,30-33,42,44H,13-23H2,1-7H3,(H,43,47)(H,45,46)/t28-,30-,31-,32+,33-,38-,39+,40+,41-/m0/s1. The number of allylic oxidation sites excluding steroid dienone is 2. The van der Waals surface area contributed by atoms with Crippen molar-refractivity contribution in [2.75, 3.05) is 0 Å². The van der Waals surface area contributed by atoms with Crippen LogP contribution in [0.3, 0.4) is 0 Å². The van der Waals surface area contributed by atoms with Crippen LogP contribution in [0.25, 0.3) is 10.9 Å². The number of aromatic nitrogens is 1. The molecule has 0 aliphatic heterocycles. The quantitative estimate of drug-likeness (QED) is 0.246. The predicted molar refractivity (Wildman–Crippen MR) is 187 cm³/mol. The molecule has 47 heavy (non-hydrogen) atoms. The van der Waals surface area contributed by atoms with E-state index in [0.29, 0.717) is 11.8 Å². The molecule has 0 bridgehead atoms. The Kier molecular flexibility index (Phi) is 7.49. The van der Waals surface area contributed by atoms with Crippen LogP contribution in [-0.4, -0.2) is 39.2 Å². The van der Waals surface area contributed by atoms with Crippen LogP contribution in [-0.2, 0) is 16.0 Å². The Morgan fingerprint density at radius 2 is 1.66 bits per heavy atom. The molecule has 4 fully saturated rings. The van der Waals surface area contributed by atoms with E-state index >= 15 is 0 Å². The van der Waals surface area contributed by atoms with E-state index in [9.17, 15) is 19.8 Å². The zero-order valence-electron chi connectivity index (χ0n) is 29.8. The topological polar surface area (TPSA) is 102 Å². The van der Waals surface area contributed by atoms with Crippen LogP contribution in [0.4, 0.5) is 0 Å². The maximum atomic E-state index is 14.7. The molecule has 0 saturated heterocycles. The fraction of sp³-hybridized carbons (Fsp3) is 0.707. The highest BCUT2D eigenvalue weighted by Gasteiger charge is 2.69. The van der Waals surface area contributed by atoms with Crippen LogP contribution in [0.5, 0.6) is 0 Å². The summed E-state index contributed by atoms with van der Waals surface area (Å²) in [6.07, 6.45) is 14.3. The van der Waals surface area contributed by atoms with E-state index in [1.165, 1.54) is 5.57 Å². The van der Waals surface area contributed by atoms with Gasteiger partial charge in [0.25, 0.3) is 0 Å². The molecular formula is C41H58N2O4. The molecule has 0 spiro atoms. The molecule has 7 rings (SSSR count). The number of rotatable bonds is 5. The van der Waals surface area contributed by atoms with Crippen LogP contribution >= 0.6 is 0 Å². The lowest BCUT2D eigenvalue weighted by atomic mass is 9.33. The summed E-state index contributed by atoms with van der Waals surface area (Å²) in [5.41, 5.74) is 3.11. The number of carboxylic acid groups (broad SMARTS) is 1. The van der Waals surface area contributed by atoms with Crippen LogP contribution in [0, 0.1) is 50.2 Å². The SMILES string of the molecule is CC1(C)CC[C@]2(C(=O)N[C@@H](Cc3c[nH]c4ccccc34)C(=O)O)CC[C@]3(C)C(=CC[C@@H]4[C@@]5(C)CC[C@H](O)C(C)(C)[C@@H]5CC[C@]43C)[C@@H]2C1. The van der Waals surface area contributed by atoms with Crippen LogP contribution < -0.4 is 5.32 Å². The van der Waals surface area contributed by atoms with Crippen molar-refractivity contribution in [1.29, 1.82) is 0 Å². The summed E-state index contributed by atoms with van der Waals surface area (Å²) in [7, 11) is 0. The number of aliphatic carboxylic acids is 1. The highest BCUT2D eigenvalue weighted by molar-refractivity contribution is 5.90. The molecule has 4 saturated carbocycles. The lowest BCUT2D eigenvalue weighted by Crippen LogP contribution is -2.65. The van der Waals surface area contributed by atoms with Crippen molar-refractivity contribution >= 4 is 22.8 Å². The Morgan fingerprint density at radius 3 is 2.40 bits per heavy atom. The second kappa shape index (κ2) is 10.7. The number of aromatic amines is 1. The number of H-pyrrole nitrogens is 1. The van der Waals surface area contributed by atoms with E-state index in [2.05, 4.69) is 64.8 Å². The Morgan fingerprint density at radius 1 is 0.936 bits per heavy atom. The van der Waals surface area contributed by atoms with Crippen molar-refractivity contribution in [2.45, 2.75) is 131 Å². The number of hydrogen-bond acceptors (Lipinski definition) is 3. The van der Waals surface area contributed by atoms with Gasteiger partial charge in [0.05, 0.1) is 11.5 Å². The minimum absolute atomic E-state index is 0.0117. The number of aliphatic hydroxyl groups is 1. The molecule has 1 aromatic carbocycles. The summed E-state index contributed by atoms with van der Waals surface area (Å²) in [6, 6.07) is 6.95. The molecule has 1 heterocycles. The first-order valence-corrected chi connectivity index (χ1v) is 18.5. The van der Waals surface area contributed by atoms with Gasteiger partial charge in [-0.1, -0.05) is 78.3 Å². The monoisotopic (exact) mass is 642 g/mol.